The molecular weight excluding hydrogens is 619 g/mol. The van der Waals surface area contributed by atoms with Crippen molar-refractivity contribution in [2.45, 2.75) is 12.8 Å². The molecule has 0 aliphatic carbocycles. The van der Waals surface area contributed by atoms with Gasteiger partial charge in [0.15, 0.2) is 23.0 Å². The molecule has 44 heavy (non-hydrogen) atoms. The Morgan fingerprint density at radius 1 is 0.727 bits per heavy atom. The molecule has 12 nitrogen and oxygen atoms in total. The zero-order valence-corrected chi connectivity index (χ0v) is 26.0. The molecule has 0 saturated heterocycles. The molecule has 0 amide bonds. The summed E-state index contributed by atoms with van der Waals surface area (Å²) in [6, 6.07) is 6.51. The number of hydrogen-bond acceptors (Lipinski definition) is 11. The summed E-state index contributed by atoms with van der Waals surface area (Å²) >= 11 is 11.7. The van der Waals surface area contributed by atoms with Gasteiger partial charge in [0.2, 0.25) is 0 Å². The molecular formula is C30H32Cl2N2O10. The first kappa shape index (κ1) is 34.4. The maximum absolute atomic E-state index is 11.3. The van der Waals surface area contributed by atoms with Crippen LogP contribution >= 0.6 is 23.2 Å². The molecule has 4 aromatic rings. The Balaban J connectivity index is 0.000000240. The summed E-state index contributed by atoms with van der Waals surface area (Å²) in [5, 5.41) is 19.5. The van der Waals surface area contributed by atoms with Crippen molar-refractivity contribution in [1.82, 2.24) is 9.97 Å². The molecule has 2 N–H and O–H groups in total. The molecule has 0 radical (unpaired) electrons. The fraction of sp³-hybridized carbons (Fsp3) is 0.333. The third kappa shape index (κ3) is 8.50. The second-order valence-corrected chi connectivity index (χ2v) is 9.74. The molecule has 2 heterocycles. The minimum absolute atomic E-state index is 0.159. The average Bonchev–Trinajstić information content (AvgIpc) is 3.01. The summed E-state index contributed by atoms with van der Waals surface area (Å²) in [6.07, 6.45) is 3.93. The molecule has 2 aromatic carbocycles. The fourth-order valence-electron chi connectivity index (χ4n) is 3.96. The molecule has 0 aliphatic rings. The zero-order valence-electron chi connectivity index (χ0n) is 24.5. The van der Waals surface area contributed by atoms with E-state index in [1.807, 2.05) is 0 Å². The molecule has 4 rings (SSSR count). The summed E-state index contributed by atoms with van der Waals surface area (Å²) in [7, 11) is 6.25. The highest BCUT2D eigenvalue weighted by Gasteiger charge is 2.18. The zero-order chi connectivity index (χ0) is 32.2. The summed E-state index contributed by atoms with van der Waals surface area (Å²) in [5.74, 6) is 0.338. The van der Waals surface area contributed by atoms with Crippen LogP contribution in [0.5, 0.6) is 28.7 Å². The van der Waals surface area contributed by atoms with Crippen molar-refractivity contribution in [2.24, 2.45) is 0 Å². The SMILES string of the molecule is COCCCOc1cc2ncc(C(=O)Cl)c(Cl)c2cc1OC.COCCCOc1cc2ncc(C(=O)O)c(O)c2cc1OC. The smallest absolute Gasteiger partial charge is 0.341 e. The summed E-state index contributed by atoms with van der Waals surface area (Å²) < 4.78 is 31.7. The van der Waals surface area contributed by atoms with Crippen LogP contribution in [0.15, 0.2) is 36.7 Å². The van der Waals surface area contributed by atoms with Crippen LogP contribution in [0.25, 0.3) is 21.8 Å². The van der Waals surface area contributed by atoms with E-state index in [2.05, 4.69) is 9.97 Å². The predicted octanol–water partition coefficient (Wildman–Crippen LogP) is 5.75. The molecule has 2 aromatic heterocycles. The number of aromatic carboxylic acids is 1. The number of fused-ring (bicyclic) bond motifs is 2. The van der Waals surface area contributed by atoms with Gasteiger partial charge in [-0.15, -0.1) is 0 Å². The number of rotatable bonds is 14. The van der Waals surface area contributed by atoms with Gasteiger partial charge in [-0.05, 0) is 23.7 Å². The van der Waals surface area contributed by atoms with Gasteiger partial charge in [-0.1, -0.05) is 11.6 Å². The topological polar surface area (TPSA) is 156 Å². The lowest BCUT2D eigenvalue weighted by atomic mass is 10.1. The van der Waals surface area contributed by atoms with Crippen molar-refractivity contribution in [3.05, 3.63) is 52.8 Å². The monoisotopic (exact) mass is 650 g/mol. The number of nitrogens with zero attached hydrogens (tertiary/aromatic N) is 2. The molecule has 0 aliphatic heterocycles. The Bertz CT molecular complexity index is 1500. The normalized spacial score (nSPS) is 10.7. The largest absolute Gasteiger partial charge is 0.506 e. The van der Waals surface area contributed by atoms with Gasteiger partial charge < -0.3 is 38.6 Å². The van der Waals surface area contributed by atoms with Gasteiger partial charge in [0.25, 0.3) is 5.24 Å². The number of carbonyl (C=O) groups is 2. The molecule has 0 atom stereocenters. The van der Waals surface area contributed by atoms with E-state index in [1.165, 1.54) is 26.5 Å². The fourth-order valence-corrected chi connectivity index (χ4v) is 4.44. The van der Waals surface area contributed by atoms with Crippen LogP contribution in [0.4, 0.5) is 0 Å². The highest BCUT2D eigenvalue weighted by atomic mass is 35.5. The van der Waals surface area contributed by atoms with Gasteiger partial charge in [-0.3, -0.25) is 14.8 Å². The third-order valence-corrected chi connectivity index (χ3v) is 6.77. The number of ether oxygens (including phenoxy) is 6. The van der Waals surface area contributed by atoms with E-state index in [0.29, 0.717) is 77.7 Å². The summed E-state index contributed by atoms with van der Waals surface area (Å²) in [6.45, 7) is 2.12. The van der Waals surface area contributed by atoms with Crippen molar-refractivity contribution in [3.63, 3.8) is 0 Å². The minimum Gasteiger partial charge on any atom is -0.506 e. The van der Waals surface area contributed by atoms with Crippen molar-refractivity contribution in [2.75, 3.05) is 54.9 Å². The predicted molar refractivity (Wildman–Crippen MR) is 164 cm³/mol. The van der Waals surface area contributed by atoms with Crippen LogP contribution in [0.2, 0.25) is 5.02 Å². The second-order valence-electron chi connectivity index (χ2n) is 9.02. The van der Waals surface area contributed by atoms with Crippen LogP contribution < -0.4 is 18.9 Å². The number of hydrogen-bond donors (Lipinski definition) is 2. The van der Waals surface area contributed by atoms with Crippen molar-refractivity contribution < 1.29 is 48.2 Å². The Morgan fingerprint density at radius 3 is 1.66 bits per heavy atom. The highest BCUT2D eigenvalue weighted by Crippen LogP contribution is 2.37. The first-order valence-corrected chi connectivity index (χ1v) is 13.9. The molecule has 0 fully saturated rings. The number of benzene rings is 2. The summed E-state index contributed by atoms with van der Waals surface area (Å²) in [5.41, 5.74) is 0.911. The molecule has 0 saturated carbocycles. The minimum atomic E-state index is -1.24. The number of carboxylic acids is 1. The van der Waals surface area contributed by atoms with Crippen LogP contribution in [0, 0.1) is 0 Å². The van der Waals surface area contributed by atoms with E-state index >= 15 is 0 Å². The maximum atomic E-state index is 11.3. The second kappa shape index (κ2) is 16.7. The Labute approximate surface area is 263 Å². The van der Waals surface area contributed by atoms with E-state index in [0.717, 1.165) is 12.6 Å². The van der Waals surface area contributed by atoms with Gasteiger partial charge >= 0.3 is 5.97 Å². The van der Waals surface area contributed by atoms with Crippen LogP contribution in [0.3, 0.4) is 0 Å². The molecule has 236 valence electrons. The number of carboxylic acid groups (broad SMARTS) is 1. The Morgan fingerprint density at radius 2 is 1.20 bits per heavy atom. The highest BCUT2D eigenvalue weighted by molar-refractivity contribution is 6.69. The lowest BCUT2D eigenvalue weighted by Crippen LogP contribution is -2.03. The van der Waals surface area contributed by atoms with Crippen LogP contribution in [0.1, 0.15) is 33.6 Å². The first-order valence-electron chi connectivity index (χ1n) is 13.2. The van der Waals surface area contributed by atoms with Gasteiger partial charge in [0.05, 0.1) is 49.1 Å². The Hall–Kier alpha value is -4.10. The number of aromatic hydroxyl groups is 1. The van der Waals surface area contributed by atoms with E-state index < -0.39 is 11.2 Å². The van der Waals surface area contributed by atoms with Gasteiger partial charge in [0.1, 0.15) is 11.3 Å². The molecule has 0 unspecified atom stereocenters. The lowest BCUT2D eigenvalue weighted by molar-refractivity contribution is 0.0693. The maximum Gasteiger partial charge on any atom is 0.341 e. The number of aromatic nitrogens is 2. The van der Waals surface area contributed by atoms with Gasteiger partial charge in [0, 0.05) is 75.6 Å². The summed E-state index contributed by atoms with van der Waals surface area (Å²) in [4.78, 5) is 30.6. The average molecular weight is 651 g/mol. The molecule has 0 spiro atoms. The van der Waals surface area contributed by atoms with E-state index in [4.69, 9.17) is 56.7 Å². The van der Waals surface area contributed by atoms with Crippen molar-refractivity contribution >= 4 is 56.2 Å². The van der Waals surface area contributed by atoms with E-state index in [-0.39, 0.29) is 21.9 Å². The standard InChI is InChI=1S/C15H15Cl2NO4.C15H17NO6/c1-20-4-3-5-22-13-7-11-9(6-12(13)21-2)14(16)10(8-18-11)15(17)19;1-20-4-3-5-22-13-7-11-9(6-12(13)21-2)14(17)10(8-16-11)15(18)19/h6-8H,3-5H2,1-2H3;6-8H,3-5H2,1-2H3,(H,16,17)(H,18,19). The van der Waals surface area contributed by atoms with Crippen LogP contribution in [-0.4, -0.2) is 86.3 Å². The number of carbonyl (C=O) groups excluding carboxylic acids is 1. The lowest BCUT2D eigenvalue weighted by Gasteiger charge is -2.13. The van der Waals surface area contributed by atoms with Crippen molar-refractivity contribution in [1.29, 1.82) is 0 Å². The van der Waals surface area contributed by atoms with E-state index in [1.54, 1.807) is 32.4 Å². The van der Waals surface area contributed by atoms with Gasteiger partial charge in [-0.2, -0.15) is 0 Å². The van der Waals surface area contributed by atoms with E-state index in [9.17, 15) is 14.7 Å². The van der Waals surface area contributed by atoms with Crippen LogP contribution in [-0.2, 0) is 9.47 Å². The number of methoxy groups -OCH3 is 4. The number of pyridine rings is 2. The molecule has 0 bridgehead atoms. The third-order valence-electron chi connectivity index (χ3n) is 6.16. The number of halogens is 2. The molecule has 14 heteroatoms. The quantitative estimate of drug-likeness (QED) is 0.126. The Kier molecular flexibility index (Phi) is 13.0. The van der Waals surface area contributed by atoms with Gasteiger partial charge in [-0.25, -0.2) is 4.79 Å². The first-order chi connectivity index (χ1) is 21.2. The van der Waals surface area contributed by atoms with Crippen molar-refractivity contribution in [3.8, 4) is 28.7 Å².